The van der Waals surface area contributed by atoms with E-state index < -0.39 is 97.5 Å². The van der Waals surface area contributed by atoms with Crippen LogP contribution in [-0.2, 0) is 65.4 Å². The van der Waals surface area contributed by atoms with Gasteiger partial charge in [0.05, 0.1) is 26.4 Å². The second kappa shape index (κ2) is 69.2. The van der Waals surface area contributed by atoms with Crippen molar-refractivity contribution in [2.45, 2.75) is 419 Å². The molecule has 0 bridgehead atoms. The first-order valence-electron chi connectivity index (χ1n) is 39.6. The fourth-order valence-electron chi connectivity index (χ4n) is 11.7. The summed E-state index contributed by atoms with van der Waals surface area (Å²) in [4.78, 5) is 72.5. The number of hydrogen-bond acceptors (Lipinski definition) is 15. The van der Waals surface area contributed by atoms with Crippen LogP contribution in [0.5, 0.6) is 0 Å². The standard InChI is InChI=1S/C76H148O17P2/c1-6-9-12-15-18-20-21-22-23-24-28-31-34-37-41-45-50-55-60-74(79)87-66-72(93-76(81)62-57-52-47-42-38-35-32-29-26-25-27-30-33-36-40-44-48-53-58-69(4)5)68-91-95(84,85)89-64-70(77)63-88-94(82,83)90-67-71(65-86-73(78)59-54-49-43-17-14-11-8-3)92-75(80)61-56-51-46-39-19-16-13-10-7-2/h69-72,77H,6-68H2,1-5H3,(H,82,83)(H,84,85)/t70-,71+,72+/m0/s1. The fourth-order valence-corrected chi connectivity index (χ4v) is 13.3. The first-order valence-corrected chi connectivity index (χ1v) is 42.6. The van der Waals surface area contributed by atoms with Crippen molar-refractivity contribution in [1.82, 2.24) is 0 Å². The minimum atomic E-state index is -4.96. The maximum atomic E-state index is 13.1. The summed E-state index contributed by atoms with van der Waals surface area (Å²) in [6.45, 7) is 7.27. The summed E-state index contributed by atoms with van der Waals surface area (Å²) in [7, 11) is -9.90. The monoisotopic (exact) mass is 1400 g/mol. The van der Waals surface area contributed by atoms with E-state index in [1.54, 1.807) is 0 Å². The largest absolute Gasteiger partial charge is 0.472 e. The average molecular weight is 1400 g/mol. The Kier molecular flexibility index (Phi) is 67.7. The van der Waals surface area contributed by atoms with Gasteiger partial charge in [0.15, 0.2) is 12.2 Å². The Hall–Kier alpha value is -1.94. The van der Waals surface area contributed by atoms with E-state index in [-0.39, 0.29) is 25.7 Å². The minimum Gasteiger partial charge on any atom is -0.462 e. The number of ether oxygens (including phenoxy) is 4. The molecule has 0 saturated carbocycles. The first-order chi connectivity index (χ1) is 46.0. The van der Waals surface area contributed by atoms with Gasteiger partial charge in [0, 0.05) is 25.7 Å². The summed E-state index contributed by atoms with van der Waals surface area (Å²) in [5.41, 5.74) is 0. The molecule has 0 amide bonds. The van der Waals surface area contributed by atoms with Crippen LogP contribution in [0.15, 0.2) is 0 Å². The fraction of sp³-hybridized carbons (Fsp3) is 0.947. The van der Waals surface area contributed by atoms with Gasteiger partial charge in [-0.05, 0) is 31.6 Å². The highest BCUT2D eigenvalue weighted by Gasteiger charge is 2.30. The molecule has 0 aromatic heterocycles. The van der Waals surface area contributed by atoms with Crippen LogP contribution in [-0.4, -0.2) is 96.7 Å². The Balaban J connectivity index is 5.13. The van der Waals surface area contributed by atoms with E-state index in [2.05, 4.69) is 34.6 Å². The Morgan fingerprint density at radius 2 is 0.484 bits per heavy atom. The summed E-state index contributed by atoms with van der Waals surface area (Å²) in [5.74, 6) is -1.30. The number of unbranched alkanes of at least 4 members (excludes halogenated alkanes) is 48. The van der Waals surface area contributed by atoms with Gasteiger partial charge in [0.1, 0.15) is 19.3 Å². The number of carbonyl (C=O) groups excluding carboxylic acids is 4. The zero-order valence-corrected chi connectivity index (χ0v) is 63.6. The topological polar surface area (TPSA) is 237 Å². The minimum absolute atomic E-state index is 0.106. The molecule has 5 atom stereocenters. The lowest BCUT2D eigenvalue weighted by molar-refractivity contribution is -0.161. The molecule has 0 heterocycles. The predicted octanol–water partition coefficient (Wildman–Crippen LogP) is 22.5. The number of carbonyl (C=O) groups is 4. The van der Waals surface area contributed by atoms with Crippen LogP contribution >= 0.6 is 15.6 Å². The van der Waals surface area contributed by atoms with Gasteiger partial charge in [-0.1, -0.05) is 349 Å². The molecule has 95 heavy (non-hydrogen) atoms. The molecule has 0 aromatic rings. The number of aliphatic hydroxyl groups is 1. The zero-order valence-electron chi connectivity index (χ0n) is 61.8. The first kappa shape index (κ1) is 93.1. The third-order valence-corrected chi connectivity index (χ3v) is 19.7. The van der Waals surface area contributed by atoms with Crippen LogP contribution < -0.4 is 0 Å². The van der Waals surface area contributed by atoms with Crippen LogP contribution in [0.4, 0.5) is 0 Å². The van der Waals surface area contributed by atoms with Gasteiger partial charge in [-0.3, -0.25) is 37.3 Å². The third-order valence-electron chi connectivity index (χ3n) is 17.8. The van der Waals surface area contributed by atoms with Crippen molar-refractivity contribution in [3.8, 4) is 0 Å². The van der Waals surface area contributed by atoms with Crippen molar-refractivity contribution in [2.24, 2.45) is 5.92 Å². The van der Waals surface area contributed by atoms with E-state index in [4.69, 9.17) is 37.0 Å². The summed E-state index contributed by atoms with van der Waals surface area (Å²) >= 11 is 0. The zero-order chi connectivity index (χ0) is 69.8. The van der Waals surface area contributed by atoms with E-state index in [0.717, 1.165) is 109 Å². The maximum Gasteiger partial charge on any atom is 0.472 e. The van der Waals surface area contributed by atoms with E-state index in [1.165, 1.54) is 212 Å². The Bertz CT molecular complexity index is 1820. The molecule has 0 rings (SSSR count). The highest BCUT2D eigenvalue weighted by molar-refractivity contribution is 7.47. The molecule has 2 unspecified atom stereocenters. The van der Waals surface area contributed by atoms with Crippen molar-refractivity contribution in [3.63, 3.8) is 0 Å². The number of phosphoric ester groups is 2. The van der Waals surface area contributed by atoms with Crippen molar-refractivity contribution < 1.29 is 80.2 Å². The highest BCUT2D eigenvalue weighted by Crippen LogP contribution is 2.45. The van der Waals surface area contributed by atoms with Gasteiger partial charge < -0.3 is 33.8 Å². The van der Waals surface area contributed by atoms with Gasteiger partial charge in [0.25, 0.3) is 0 Å². The smallest absolute Gasteiger partial charge is 0.462 e. The molecule has 0 aromatic carbocycles. The Labute approximate surface area is 581 Å². The normalized spacial score (nSPS) is 13.9. The average Bonchev–Trinajstić information content (AvgIpc) is 3.08. The molecule has 3 N–H and O–H groups in total. The molecule has 17 nitrogen and oxygen atoms in total. The molecule has 0 aliphatic heterocycles. The molecule has 0 aliphatic carbocycles. The lowest BCUT2D eigenvalue weighted by atomic mass is 10.0. The Morgan fingerprint density at radius 1 is 0.284 bits per heavy atom. The quantitative estimate of drug-likeness (QED) is 0.0222. The SMILES string of the molecule is CCCCCCCCCCCCCCCCCCCCC(=O)OC[C@H](COP(=O)(O)OC[C@@H](O)COP(=O)(O)OC[C@@H](COC(=O)CCCCCCCCC)OC(=O)CCCCCCCCCCC)OC(=O)CCCCCCCCCCCCCCCCCCCCC(C)C. The van der Waals surface area contributed by atoms with Gasteiger partial charge in [-0.15, -0.1) is 0 Å². The van der Waals surface area contributed by atoms with E-state index in [1.807, 2.05) is 0 Å². The van der Waals surface area contributed by atoms with Crippen LogP contribution in [0.2, 0.25) is 0 Å². The summed E-state index contributed by atoms with van der Waals surface area (Å²) in [6, 6.07) is 0. The lowest BCUT2D eigenvalue weighted by Gasteiger charge is -2.21. The summed E-state index contributed by atoms with van der Waals surface area (Å²) < 4.78 is 68.3. The molecule has 564 valence electrons. The molecule has 0 saturated heterocycles. The van der Waals surface area contributed by atoms with Gasteiger partial charge in [-0.25, -0.2) is 9.13 Å². The molecule has 0 fully saturated rings. The number of phosphoric acid groups is 2. The van der Waals surface area contributed by atoms with Gasteiger partial charge >= 0.3 is 39.5 Å². The Morgan fingerprint density at radius 3 is 0.716 bits per heavy atom. The number of esters is 4. The van der Waals surface area contributed by atoms with E-state index in [0.29, 0.717) is 25.7 Å². The lowest BCUT2D eigenvalue weighted by Crippen LogP contribution is -2.30. The van der Waals surface area contributed by atoms with Crippen molar-refractivity contribution in [1.29, 1.82) is 0 Å². The van der Waals surface area contributed by atoms with Crippen LogP contribution in [0.25, 0.3) is 0 Å². The van der Waals surface area contributed by atoms with Crippen molar-refractivity contribution in [2.75, 3.05) is 39.6 Å². The molecule has 0 radical (unpaired) electrons. The predicted molar refractivity (Wildman–Crippen MR) is 386 cm³/mol. The second-order valence-corrected chi connectivity index (χ2v) is 30.8. The van der Waals surface area contributed by atoms with Crippen LogP contribution in [0.3, 0.4) is 0 Å². The van der Waals surface area contributed by atoms with Crippen molar-refractivity contribution in [3.05, 3.63) is 0 Å². The molecule has 0 spiro atoms. The highest BCUT2D eigenvalue weighted by atomic mass is 31.2. The molecule has 0 aliphatic rings. The van der Waals surface area contributed by atoms with Crippen molar-refractivity contribution >= 4 is 39.5 Å². The van der Waals surface area contributed by atoms with Gasteiger partial charge in [0.2, 0.25) is 0 Å². The molecular weight excluding hydrogens is 1250 g/mol. The molecule has 19 heteroatoms. The number of rotatable bonds is 76. The summed E-state index contributed by atoms with van der Waals surface area (Å²) in [5, 5.41) is 10.6. The second-order valence-electron chi connectivity index (χ2n) is 27.9. The summed E-state index contributed by atoms with van der Waals surface area (Å²) in [6.07, 6.45) is 58.6. The maximum absolute atomic E-state index is 13.1. The number of hydrogen-bond donors (Lipinski definition) is 3. The van der Waals surface area contributed by atoms with Gasteiger partial charge in [-0.2, -0.15) is 0 Å². The van der Waals surface area contributed by atoms with Crippen LogP contribution in [0, 0.1) is 5.92 Å². The molecular formula is C76H148O17P2. The van der Waals surface area contributed by atoms with E-state index >= 15 is 0 Å². The third kappa shape index (κ3) is 70.3. The number of aliphatic hydroxyl groups excluding tert-OH is 1. The van der Waals surface area contributed by atoms with Crippen LogP contribution in [0.1, 0.15) is 401 Å². The van der Waals surface area contributed by atoms with E-state index in [9.17, 15) is 43.2 Å².